The number of oxime groups is 1. The molecule has 5 heteroatoms. The van der Waals surface area contributed by atoms with Gasteiger partial charge in [-0.2, -0.15) is 0 Å². The number of piperazine rings is 1. The van der Waals surface area contributed by atoms with Gasteiger partial charge in [-0.1, -0.05) is 5.16 Å². The van der Waals surface area contributed by atoms with Crippen molar-refractivity contribution in [2.45, 2.75) is 25.4 Å². The largest absolute Gasteiger partial charge is 0.382 e. The molecule has 3 rings (SSSR count). The molecular formula is C11H17N3O2. The van der Waals surface area contributed by atoms with E-state index in [1.54, 1.807) is 0 Å². The molecule has 2 heterocycles. The Labute approximate surface area is 94.8 Å². The molecule has 16 heavy (non-hydrogen) atoms. The summed E-state index contributed by atoms with van der Waals surface area (Å²) in [5, 5.41) is 7.28. The van der Waals surface area contributed by atoms with Gasteiger partial charge in [-0.05, 0) is 12.8 Å². The Morgan fingerprint density at radius 1 is 1.38 bits per heavy atom. The van der Waals surface area contributed by atoms with Crippen LogP contribution in [0.25, 0.3) is 0 Å². The van der Waals surface area contributed by atoms with Crippen LogP contribution >= 0.6 is 0 Å². The number of rotatable bonds is 2. The van der Waals surface area contributed by atoms with Crippen molar-refractivity contribution in [2.24, 2.45) is 11.1 Å². The van der Waals surface area contributed by atoms with Crippen LogP contribution in [0, 0.1) is 5.92 Å². The lowest BCUT2D eigenvalue weighted by Gasteiger charge is -2.28. The summed E-state index contributed by atoms with van der Waals surface area (Å²) in [5.41, 5.74) is 1.11. The van der Waals surface area contributed by atoms with Gasteiger partial charge >= 0.3 is 0 Å². The summed E-state index contributed by atoms with van der Waals surface area (Å²) in [4.78, 5) is 19.2. The number of nitrogens with one attached hydrogen (secondary N) is 1. The van der Waals surface area contributed by atoms with Gasteiger partial charge in [0.1, 0.15) is 0 Å². The van der Waals surface area contributed by atoms with Crippen molar-refractivity contribution in [3.8, 4) is 0 Å². The first-order chi connectivity index (χ1) is 7.84. The second kappa shape index (κ2) is 4.05. The molecule has 0 aromatic carbocycles. The Bertz CT molecular complexity index is 319. The zero-order chi connectivity index (χ0) is 11.0. The van der Waals surface area contributed by atoms with Crippen LogP contribution < -0.4 is 5.32 Å². The fourth-order valence-electron chi connectivity index (χ4n) is 2.27. The van der Waals surface area contributed by atoms with Gasteiger partial charge in [-0.3, -0.25) is 4.79 Å². The smallest absolute Gasteiger partial charge is 0.266 e. The third-order valence-electron chi connectivity index (χ3n) is 3.44. The Kier molecular flexibility index (Phi) is 2.55. The maximum Gasteiger partial charge on any atom is 0.266 e. The van der Waals surface area contributed by atoms with Crippen molar-refractivity contribution in [3.63, 3.8) is 0 Å². The SMILES string of the molecule is O=C(C1CC(C2CC2)=NO1)N1CCNCC1. The van der Waals surface area contributed by atoms with E-state index in [1.807, 2.05) is 4.90 Å². The number of amides is 1. The Morgan fingerprint density at radius 2 is 2.12 bits per heavy atom. The molecule has 0 bridgehead atoms. The van der Waals surface area contributed by atoms with Crippen molar-refractivity contribution in [1.29, 1.82) is 0 Å². The fraction of sp³-hybridized carbons (Fsp3) is 0.818. The van der Waals surface area contributed by atoms with Crippen LogP contribution in [0.1, 0.15) is 19.3 Å². The third kappa shape index (κ3) is 1.91. The topological polar surface area (TPSA) is 53.9 Å². The number of carbonyl (C=O) groups is 1. The van der Waals surface area contributed by atoms with E-state index < -0.39 is 0 Å². The monoisotopic (exact) mass is 223 g/mol. The normalized spacial score (nSPS) is 29.9. The Morgan fingerprint density at radius 3 is 2.81 bits per heavy atom. The van der Waals surface area contributed by atoms with Crippen LogP contribution in [0.4, 0.5) is 0 Å². The van der Waals surface area contributed by atoms with E-state index in [4.69, 9.17) is 4.84 Å². The van der Waals surface area contributed by atoms with Crippen molar-refractivity contribution in [2.75, 3.05) is 26.2 Å². The first-order valence-electron chi connectivity index (χ1n) is 6.06. The molecule has 0 radical (unpaired) electrons. The second-order valence-electron chi connectivity index (χ2n) is 4.73. The third-order valence-corrected chi connectivity index (χ3v) is 3.44. The van der Waals surface area contributed by atoms with E-state index in [2.05, 4.69) is 10.5 Å². The quantitative estimate of drug-likeness (QED) is 0.715. The van der Waals surface area contributed by atoms with Crippen LogP contribution in [0.15, 0.2) is 5.16 Å². The minimum atomic E-state index is -0.339. The first-order valence-corrected chi connectivity index (χ1v) is 6.06. The van der Waals surface area contributed by atoms with E-state index in [0.29, 0.717) is 12.3 Å². The van der Waals surface area contributed by atoms with Crippen molar-refractivity contribution < 1.29 is 9.63 Å². The summed E-state index contributed by atoms with van der Waals surface area (Å²) in [7, 11) is 0. The van der Waals surface area contributed by atoms with Crippen LogP contribution in [-0.2, 0) is 9.63 Å². The lowest BCUT2D eigenvalue weighted by atomic mass is 10.1. The summed E-state index contributed by atoms with van der Waals surface area (Å²) in [6.45, 7) is 3.35. The molecule has 1 amide bonds. The fourth-order valence-corrected chi connectivity index (χ4v) is 2.27. The highest BCUT2D eigenvalue weighted by atomic mass is 16.6. The van der Waals surface area contributed by atoms with E-state index >= 15 is 0 Å². The summed E-state index contributed by atoms with van der Waals surface area (Å²) >= 11 is 0. The second-order valence-corrected chi connectivity index (χ2v) is 4.73. The number of nitrogens with zero attached hydrogens (tertiary/aromatic N) is 2. The van der Waals surface area contributed by atoms with E-state index in [0.717, 1.165) is 31.9 Å². The predicted octanol–water partition coefficient (Wildman–Crippen LogP) is -0.0269. The zero-order valence-corrected chi connectivity index (χ0v) is 9.32. The molecule has 1 unspecified atom stereocenters. The number of hydrogen-bond donors (Lipinski definition) is 1. The maximum atomic E-state index is 12.1. The molecule has 88 valence electrons. The molecule has 2 fully saturated rings. The first kappa shape index (κ1) is 10.1. The Hall–Kier alpha value is -1.10. The molecular weight excluding hydrogens is 206 g/mol. The van der Waals surface area contributed by atoms with Gasteiger partial charge in [0.25, 0.3) is 5.91 Å². The van der Waals surface area contributed by atoms with E-state index in [1.165, 1.54) is 12.8 Å². The van der Waals surface area contributed by atoms with Gasteiger partial charge in [0.05, 0.1) is 5.71 Å². The van der Waals surface area contributed by atoms with Gasteiger partial charge in [0.15, 0.2) is 0 Å². The minimum absolute atomic E-state index is 0.112. The zero-order valence-electron chi connectivity index (χ0n) is 9.32. The van der Waals surface area contributed by atoms with Crippen LogP contribution in [-0.4, -0.2) is 48.8 Å². The number of carbonyl (C=O) groups excluding carboxylic acids is 1. The standard InChI is InChI=1S/C11H17N3O2/c15-11(14-5-3-12-4-6-14)10-7-9(13-16-10)8-1-2-8/h8,10,12H,1-7H2. The summed E-state index contributed by atoms with van der Waals surface area (Å²) < 4.78 is 0. The molecule has 1 saturated heterocycles. The molecule has 1 aliphatic carbocycles. The Balaban J connectivity index is 1.55. The van der Waals surface area contributed by atoms with Crippen molar-refractivity contribution >= 4 is 11.6 Å². The van der Waals surface area contributed by atoms with Crippen molar-refractivity contribution in [1.82, 2.24) is 10.2 Å². The molecule has 1 N–H and O–H groups in total. The van der Waals surface area contributed by atoms with Gasteiger partial charge in [-0.25, -0.2) is 0 Å². The highest BCUT2D eigenvalue weighted by Crippen LogP contribution is 2.35. The molecule has 2 aliphatic heterocycles. The maximum absolute atomic E-state index is 12.1. The summed E-state index contributed by atoms with van der Waals surface area (Å²) in [6, 6.07) is 0. The van der Waals surface area contributed by atoms with Gasteiger partial charge in [-0.15, -0.1) is 0 Å². The molecule has 5 nitrogen and oxygen atoms in total. The van der Waals surface area contributed by atoms with Crippen LogP contribution in [0.2, 0.25) is 0 Å². The molecule has 0 aromatic heterocycles. The van der Waals surface area contributed by atoms with Gasteiger partial charge < -0.3 is 15.1 Å². The highest BCUT2D eigenvalue weighted by molar-refractivity contribution is 5.95. The van der Waals surface area contributed by atoms with Crippen LogP contribution in [0.3, 0.4) is 0 Å². The van der Waals surface area contributed by atoms with Crippen LogP contribution in [0.5, 0.6) is 0 Å². The molecule has 0 spiro atoms. The summed E-state index contributed by atoms with van der Waals surface area (Å²) in [6.07, 6.45) is 2.81. The average Bonchev–Trinajstić information content (AvgIpc) is 3.08. The molecule has 0 aromatic rings. The lowest BCUT2D eigenvalue weighted by molar-refractivity contribution is -0.142. The predicted molar refractivity (Wildman–Crippen MR) is 59.1 cm³/mol. The molecule has 3 aliphatic rings. The molecule has 1 saturated carbocycles. The van der Waals surface area contributed by atoms with E-state index in [-0.39, 0.29) is 12.0 Å². The molecule has 1 atom stereocenters. The van der Waals surface area contributed by atoms with Gasteiger partial charge in [0, 0.05) is 38.5 Å². The lowest BCUT2D eigenvalue weighted by Crippen LogP contribution is -2.49. The highest BCUT2D eigenvalue weighted by Gasteiger charge is 2.38. The van der Waals surface area contributed by atoms with Gasteiger partial charge in [0.2, 0.25) is 6.10 Å². The summed E-state index contributed by atoms with van der Waals surface area (Å²) in [5.74, 6) is 0.724. The average molecular weight is 223 g/mol. The van der Waals surface area contributed by atoms with Crippen molar-refractivity contribution in [3.05, 3.63) is 0 Å². The number of hydrogen-bond acceptors (Lipinski definition) is 4. The minimum Gasteiger partial charge on any atom is -0.382 e. The van der Waals surface area contributed by atoms with E-state index in [9.17, 15) is 4.79 Å².